The second kappa shape index (κ2) is 6.81. The Morgan fingerprint density at radius 2 is 2.00 bits per heavy atom. The van der Waals surface area contributed by atoms with E-state index < -0.39 is 10.8 Å². The van der Waals surface area contributed by atoms with Crippen molar-refractivity contribution in [2.24, 2.45) is 0 Å². The molecule has 1 aromatic carbocycles. The molecule has 94 valence electrons. The molecule has 17 heavy (non-hydrogen) atoms. The Kier molecular flexibility index (Phi) is 5.71. The molecule has 0 aliphatic rings. The Bertz CT molecular complexity index is 403. The quantitative estimate of drug-likeness (QED) is 0.890. The Morgan fingerprint density at radius 1 is 1.41 bits per heavy atom. The number of amides is 1. The van der Waals surface area contributed by atoms with Crippen LogP contribution in [0.3, 0.4) is 0 Å². The van der Waals surface area contributed by atoms with Crippen LogP contribution in [0, 0.1) is 0 Å². The average Bonchev–Trinajstić information content (AvgIpc) is 2.29. The van der Waals surface area contributed by atoms with Gasteiger partial charge in [0, 0.05) is 22.0 Å². The van der Waals surface area contributed by atoms with Crippen molar-refractivity contribution in [1.29, 1.82) is 0 Å². The number of nitrogens with one attached hydrogen (secondary N) is 1. The smallest absolute Gasteiger partial charge is 0.230 e. The summed E-state index contributed by atoms with van der Waals surface area (Å²) in [5.74, 6) is 0.509. The highest BCUT2D eigenvalue weighted by atomic mass is 32.2. The summed E-state index contributed by atoms with van der Waals surface area (Å²) in [6.07, 6.45) is 3.55. The molecule has 0 aliphatic carbocycles. The van der Waals surface area contributed by atoms with Gasteiger partial charge in [0.25, 0.3) is 0 Å². The molecule has 2 atom stereocenters. The number of rotatable bonds is 5. The molecular formula is C12H17NO2S2. The Balaban J connectivity index is 2.66. The van der Waals surface area contributed by atoms with Gasteiger partial charge in [-0.1, -0.05) is 12.1 Å². The molecule has 5 heteroatoms. The van der Waals surface area contributed by atoms with Crippen molar-refractivity contribution in [3.63, 3.8) is 0 Å². The molecule has 1 amide bonds. The van der Waals surface area contributed by atoms with Gasteiger partial charge in [0.05, 0.1) is 11.8 Å². The number of hydrogen-bond donors (Lipinski definition) is 1. The van der Waals surface area contributed by atoms with E-state index in [4.69, 9.17) is 0 Å². The molecule has 1 aromatic rings. The highest BCUT2D eigenvalue weighted by Gasteiger charge is 2.09. The molecule has 1 rings (SSSR count). The van der Waals surface area contributed by atoms with Crippen LogP contribution in [0.15, 0.2) is 29.2 Å². The minimum Gasteiger partial charge on any atom is -0.349 e. The van der Waals surface area contributed by atoms with Crippen LogP contribution in [-0.2, 0) is 15.6 Å². The normalized spacial score (nSPS) is 14.1. The summed E-state index contributed by atoms with van der Waals surface area (Å²) in [5, 5.41) is 2.91. The summed E-state index contributed by atoms with van der Waals surface area (Å²) in [5.41, 5.74) is 1.02. The van der Waals surface area contributed by atoms with Crippen molar-refractivity contribution >= 4 is 28.5 Å². The molecule has 3 nitrogen and oxygen atoms in total. The SMILES string of the molecule is CSCC(=O)N[C@@H](C)c1ccc([S@@](C)=O)cc1. The van der Waals surface area contributed by atoms with Crippen LogP contribution in [0.2, 0.25) is 0 Å². The third-order valence-corrected chi connectivity index (χ3v) is 3.85. The molecular weight excluding hydrogens is 254 g/mol. The third-order valence-electron chi connectivity index (χ3n) is 2.36. The maximum Gasteiger partial charge on any atom is 0.230 e. The molecule has 0 saturated heterocycles. The van der Waals surface area contributed by atoms with Crippen molar-refractivity contribution in [1.82, 2.24) is 5.32 Å². The molecule has 0 aromatic heterocycles. The van der Waals surface area contributed by atoms with E-state index in [2.05, 4.69) is 5.32 Å². The fourth-order valence-electron chi connectivity index (χ4n) is 1.45. The zero-order chi connectivity index (χ0) is 12.8. The molecule has 0 unspecified atom stereocenters. The van der Waals surface area contributed by atoms with Gasteiger partial charge in [-0.05, 0) is 30.9 Å². The number of hydrogen-bond acceptors (Lipinski definition) is 3. The average molecular weight is 271 g/mol. The first-order valence-electron chi connectivity index (χ1n) is 5.26. The zero-order valence-corrected chi connectivity index (χ0v) is 11.9. The van der Waals surface area contributed by atoms with Crippen LogP contribution in [0.25, 0.3) is 0 Å². The summed E-state index contributed by atoms with van der Waals surface area (Å²) in [6, 6.07) is 7.46. The zero-order valence-electron chi connectivity index (χ0n) is 10.2. The van der Waals surface area contributed by atoms with Crippen molar-refractivity contribution in [3.8, 4) is 0 Å². The lowest BCUT2D eigenvalue weighted by molar-refractivity contribution is -0.119. The van der Waals surface area contributed by atoms with E-state index in [0.717, 1.165) is 10.5 Å². The maximum atomic E-state index is 11.4. The van der Waals surface area contributed by atoms with Crippen molar-refractivity contribution in [2.45, 2.75) is 17.9 Å². The van der Waals surface area contributed by atoms with Crippen LogP contribution in [0.1, 0.15) is 18.5 Å². The van der Waals surface area contributed by atoms with Crippen LogP contribution >= 0.6 is 11.8 Å². The van der Waals surface area contributed by atoms with E-state index in [-0.39, 0.29) is 11.9 Å². The molecule has 1 N–H and O–H groups in total. The predicted molar refractivity (Wildman–Crippen MR) is 73.7 cm³/mol. The van der Waals surface area contributed by atoms with E-state index in [9.17, 15) is 9.00 Å². The number of benzene rings is 1. The van der Waals surface area contributed by atoms with Crippen molar-refractivity contribution < 1.29 is 9.00 Å². The van der Waals surface area contributed by atoms with E-state index in [0.29, 0.717) is 5.75 Å². The minimum atomic E-state index is -0.955. The maximum absolute atomic E-state index is 11.4. The Hall–Kier alpha value is -0.810. The monoisotopic (exact) mass is 271 g/mol. The van der Waals surface area contributed by atoms with Crippen LogP contribution in [0.5, 0.6) is 0 Å². The minimum absolute atomic E-state index is 0.0195. The number of carbonyl (C=O) groups excluding carboxylic acids is 1. The first-order valence-corrected chi connectivity index (χ1v) is 8.21. The molecule has 0 bridgehead atoms. The molecule has 0 heterocycles. The standard InChI is InChI=1S/C12H17NO2S2/c1-9(13-12(14)8-16-2)10-4-6-11(7-5-10)17(3)15/h4-7,9H,8H2,1-3H3,(H,13,14)/t9-,17+/m0/s1. The van der Waals surface area contributed by atoms with Gasteiger partial charge in [-0.3, -0.25) is 9.00 Å². The second-order valence-electron chi connectivity index (χ2n) is 3.75. The highest BCUT2D eigenvalue weighted by Crippen LogP contribution is 2.15. The van der Waals surface area contributed by atoms with Crippen molar-refractivity contribution in [2.75, 3.05) is 18.3 Å². The highest BCUT2D eigenvalue weighted by molar-refractivity contribution is 7.99. The number of thioether (sulfide) groups is 1. The van der Waals surface area contributed by atoms with Crippen LogP contribution in [0.4, 0.5) is 0 Å². The van der Waals surface area contributed by atoms with Gasteiger partial charge in [-0.15, -0.1) is 0 Å². The molecule has 0 radical (unpaired) electrons. The predicted octanol–water partition coefficient (Wildman–Crippen LogP) is 1.96. The van der Waals surface area contributed by atoms with Gasteiger partial charge in [-0.2, -0.15) is 11.8 Å². The first kappa shape index (κ1) is 14.3. The van der Waals surface area contributed by atoms with Gasteiger partial charge < -0.3 is 5.32 Å². The van der Waals surface area contributed by atoms with Gasteiger partial charge in [0.15, 0.2) is 0 Å². The molecule has 0 aliphatic heterocycles. The fourth-order valence-corrected chi connectivity index (χ4v) is 2.31. The number of carbonyl (C=O) groups is 1. The fraction of sp³-hybridized carbons (Fsp3) is 0.417. The van der Waals surface area contributed by atoms with Gasteiger partial charge in [0.1, 0.15) is 0 Å². The lowest BCUT2D eigenvalue weighted by Gasteiger charge is -2.14. The topological polar surface area (TPSA) is 46.2 Å². The third kappa shape index (κ3) is 4.52. The van der Waals surface area contributed by atoms with E-state index in [1.165, 1.54) is 11.8 Å². The lowest BCUT2D eigenvalue weighted by Crippen LogP contribution is -2.28. The van der Waals surface area contributed by atoms with E-state index in [1.807, 2.05) is 37.4 Å². The van der Waals surface area contributed by atoms with E-state index in [1.54, 1.807) is 6.26 Å². The van der Waals surface area contributed by atoms with E-state index >= 15 is 0 Å². The van der Waals surface area contributed by atoms with Gasteiger partial charge >= 0.3 is 0 Å². The lowest BCUT2D eigenvalue weighted by atomic mass is 10.1. The summed E-state index contributed by atoms with van der Waals surface area (Å²) in [4.78, 5) is 12.2. The Morgan fingerprint density at radius 3 is 2.47 bits per heavy atom. The largest absolute Gasteiger partial charge is 0.349 e. The molecule has 0 spiro atoms. The van der Waals surface area contributed by atoms with Crippen LogP contribution < -0.4 is 5.32 Å². The molecule has 0 fully saturated rings. The summed E-state index contributed by atoms with van der Waals surface area (Å²) in [7, 11) is -0.955. The van der Waals surface area contributed by atoms with Gasteiger partial charge in [0.2, 0.25) is 5.91 Å². The second-order valence-corrected chi connectivity index (χ2v) is 5.99. The molecule has 0 saturated carbocycles. The van der Waals surface area contributed by atoms with Gasteiger partial charge in [-0.25, -0.2) is 0 Å². The summed E-state index contributed by atoms with van der Waals surface area (Å²) in [6.45, 7) is 1.94. The Labute approximate surface area is 109 Å². The van der Waals surface area contributed by atoms with Crippen molar-refractivity contribution in [3.05, 3.63) is 29.8 Å². The van der Waals surface area contributed by atoms with Crippen LogP contribution in [-0.4, -0.2) is 28.4 Å². The summed E-state index contributed by atoms with van der Waals surface area (Å²) >= 11 is 1.50. The first-order chi connectivity index (χ1) is 8.04. The summed E-state index contributed by atoms with van der Waals surface area (Å²) < 4.78 is 11.2.